The summed E-state index contributed by atoms with van der Waals surface area (Å²) in [6.07, 6.45) is 10.7. The van der Waals surface area contributed by atoms with E-state index in [1.54, 1.807) is 0 Å². The summed E-state index contributed by atoms with van der Waals surface area (Å²) in [4.78, 5) is 0. The lowest BCUT2D eigenvalue weighted by molar-refractivity contribution is -0.336. The van der Waals surface area contributed by atoms with E-state index in [-0.39, 0.29) is 23.9 Å². The number of rotatable bonds is 9. The number of hydrazone groups is 2. The van der Waals surface area contributed by atoms with Gasteiger partial charge in [0.1, 0.15) is 0 Å². The van der Waals surface area contributed by atoms with Crippen LogP contribution in [0.25, 0.3) is 0 Å². The molecule has 156 valence electrons. The molecule has 0 amide bonds. The molecule has 0 aromatic heterocycles. The maximum absolute atomic E-state index is 9.16. The van der Waals surface area contributed by atoms with Gasteiger partial charge in [0.25, 0.3) is 0 Å². The minimum Gasteiger partial charge on any atom is -0.309 e. The van der Waals surface area contributed by atoms with Crippen molar-refractivity contribution in [1.82, 2.24) is 20.9 Å². The topological polar surface area (TPSA) is 127 Å². The van der Waals surface area contributed by atoms with Crippen molar-refractivity contribution in [3.8, 4) is 0 Å². The molecule has 4 unspecified atom stereocenters. The number of nitrogens with zero attached hydrogens (tertiary/aromatic N) is 5. The van der Waals surface area contributed by atoms with E-state index in [0.29, 0.717) is 36.4 Å². The number of likely N-dealkylation sites (N-methyl/N-ethyl adjacent to an activating group) is 1. The highest BCUT2D eigenvalue weighted by atomic mass is 16.8. The second-order valence-corrected chi connectivity index (χ2v) is 7.63. The summed E-state index contributed by atoms with van der Waals surface area (Å²) in [7, 11) is 1.90. The average Bonchev–Trinajstić information content (AvgIpc) is 2.66. The first-order valence-electron chi connectivity index (χ1n) is 9.81. The molecule has 2 aliphatic rings. The van der Waals surface area contributed by atoms with Gasteiger partial charge in [0.15, 0.2) is 0 Å². The summed E-state index contributed by atoms with van der Waals surface area (Å²) >= 11 is 0. The summed E-state index contributed by atoms with van der Waals surface area (Å²) in [5.74, 6) is 0.515. The van der Waals surface area contributed by atoms with Crippen molar-refractivity contribution in [2.45, 2.75) is 63.5 Å². The van der Waals surface area contributed by atoms with Gasteiger partial charge in [-0.15, -0.1) is 0 Å². The summed E-state index contributed by atoms with van der Waals surface area (Å²) in [6, 6.07) is -0.418. The lowest BCUT2D eigenvalue weighted by Gasteiger charge is -2.29. The maximum atomic E-state index is 9.16. The molecule has 0 bridgehead atoms. The van der Waals surface area contributed by atoms with Crippen LogP contribution in [0.5, 0.6) is 0 Å². The van der Waals surface area contributed by atoms with Gasteiger partial charge < -0.3 is 5.43 Å². The molecule has 2 saturated carbocycles. The first-order chi connectivity index (χ1) is 13.0. The Balaban J connectivity index is 1.61. The van der Waals surface area contributed by atoms with Gasteiger partial charge in [-0.1, -0.05) is 23.3 Å². The van der Waals surface area contributed by atoms with Gasteiger partial charge in [-0.2, -0.15) is 10.2 Å². The van der Waals surface area contributed by atoms with Gasteiger partial charge in [-0.05, 0) is 50.4 Å². The van der Waals surface area contributed by atoms with Crippen LogP contribution in [-0.2, 0) is 0 Å². The van der Waals surface area contributed by atoms with E-state index < -0.39 is 0 Å². The highest BCUT2D eigenvalue weighted by Crippen LogP contribution is 2.26. The Labute approximate surface area is 160 Å². The zero-order valence-corrected chi connectivity index (χ0v) is 16.1. The maximum Gasteiger partial charge on any atom is 0.0630 e. The van der Waals surface area contributed by atoms with Crippen LogP contribution in [0.3, 0.4) is 0 Å². The summed E-state index contributed by atoms with van der Waals surface area (Å²) < 4.78 is 0. The van der Waals surface area contributed by atoms with E-state index in [2.05, 4.69) is 15.6 Å². The molecule has 0 aromatic carbocycles. The predicted molar refractivity (Wildman–Crippen MR) is 99.9 cm³/mol. The highest BCUT2D eigenvalue weighted by molar-refractivity contribution is 5.61. The molecular weight excluding hydrogens is 352 g/mol. The molecule has 2 rings (SSSR count). The van der Waals surface area contributed by atoms with Crippen LogP contribution in [0.1, 0.15) is 51.4 Å². The van der Waals surface area contributed by atoms with Gasteiger partial charge in [0.05, 0.1) is 25.2 Å². The van der Waals surface area contributed by atoms with E-state index in [1.807, 2.05) is 24.5 Å². The van der Waals surface area contributed by atoms with Crippen LogP contribution >= 0.6 is 0 Å². The number of hydroxylamine groups is 4. The standard InChI is InChI=1S/C17H34N6O4/c1-21(20-13-15-5-3-7-17(11-15)23(26)27)9-8-18-19-12-14-4-2-6-16(10-14)22(24)25/h12-18,24-27H,2-11H2,1H3/b19-12+,20-13+. The quantitative estimate of drug-likeness (QED) is 0.230. The second kappa shape index (κ2) is 11.5. The lowest BCUT2D eigenvalue weighted by Crippen LogP contribution is -2.35. The van der Waals surface area contributed by atoms with Crippen LogP contribution in [0.4, 0.5) is 0 Å². The number of hydrogen-bond acceptors (Lipinski definition) is 10. The molecule has 0 spiro atoms. The Kier molecular flexibility index (Phi) is 9.39. The molecule has 2 fully saturated rings. The number of nitrogens with one attached hydrogen (secondary N) is 1. The Hall–Kier alpha value is -1.30. The summed E-state index contributed by atoms with van der Waals surface area (Å²) in [5, 5.41) is 47.8. The molecule has 10 heteroatoms. The van der Waals surface area contributed by atoms with E-state index >= 15 is 0 Å². The number of hydrogen-bond donors (Lipinski definition) is 5. The van der Waals surface area contributed by atoms with Gasteiger partial charge in [0.2, 0.25) is 0 Å². The minimum absolute atomic E-state index is 0.209. The second-order valence-electron chi connectivity index (χ2n) is 7.63. The molecule has 10 nitrogen and oxygen atoms in total. The normalized spacial score (nSPS) is 29.9. The van der Waals surface area contributed by atoms with Crippen molar-refractivity contribution in [3.63, 3.8) is 0 Å². The third kappa shape index (κ3) is 8.08. The fourth-order valence-corrected chi connectivity index (χ4v) is 3.79. The van der Waals surface area contributed by atoms with E-state index in [9.17, 15) is 0 Å². The Morgan fingerprint density at radius 1 is 0.889 bits per heavy atom. The lowest BCUT2D eigenvalue weighted by atomic mass is 9.87. The van der Waals surface area contributed by atoms with Crippen LogP contribution < -0.4 is 5.43 Å². The molecule has 5 N–H and O–H groups in total. The van der Waals surface area contributed by atoms with Crippen molar-refractivity contribution >= 4 is 12.4 Å². The highest BCUT2D eigenvalue weighted by Gasteiger charge is 2.25. The third-order valence-electron chi connectivity index (χ3n) is 5.43. The molecule has 27 heavy (non-hydrogen) atoms. The fraction of sp³-hybridized carbons (Fsp3) is 0.882. The third-order valence-corrected chi connectivity index (χ3v) is 5.43. The van der Waals surface area contributed by atoms with Gasteiger partial charge in [-0.3, -0.25) is 25.8 Å². The molecule has 0 saturated heterocycles. The van der Waals surface area contributed by atoms with Crippen molar-refractivity contribution in [1.29, 1.82) is 0 Å². The SMILES string of the molecule is CN(CCN/N=C/C1CCCC(N(O)O)C1)/N=C/C1CCCC(N(O)O)C1. The van der Waals surface area contributed by atoms with Crippen molar-refractivity contribution in [2.24, 2.45) is 22.0 Å². The summed E-state index contributed by atoms with van der Waals surface area (Å²) in [6.45, 7) is 1.35. The Morgan fingerprint density at radius 3 is 2.00 bits per heavy atom. The van der Waals surface area contributed by atoms with Gasteiger partial charge >= 0.3 is 0 Å². The van der Waals surface area contributed by atoms with Gasteiger partial charge in [-0.25, -0.2) is 0 Å². The minimum atomic E-state index is -0.209. The molecule has 0 radical (unpaired) electrons. The zero-order chi connectivity index (χ0) is 19.6. The monoisotopic (exact) mass is 386 g/mol. The first-order valence-corrected chi connectivity index (χ1v) is 9.81. The van der Waals surface area contributed by atoms with Crippen molar-refractivity contribution in [3.05, 3.63) is 0 Å². The van der Waals surface area contributed by atoms with E-state index in [1.165, 1.54) is 0 Å². The van der Waals surface area contributed by atoms with Gasteiger partial charge in [0, 0.05) is 19.5 Å². The molecule has 0 aliphatic heterocycles. The Bertz CT molecular complexity index is 476. The zero-order valence-electron chi connectivity index (χ0n) is 16.1. The molecule has 2 aliphatic carbocycles. The Morgan fingerprint density at radius 2 is 1.44 bits per heavy atom. The molecule has 0 heterocycles. The van der Waals surface area contributed by atoms with Crippen molar-refractivity contribution in [2.75, 3.05) is 20.1 Å². The smallest absolute Gasteiger partial charge is 0.0630 e. The molecule has 0 aromatic rings. The largest absolute Gasteiger partial charge is 0.309 e. The first kappa shape index (κ1) is 22.0. The van der Waals surface area contributed by atoms with Crippen LogP contribution in [0.2, 0.25) is 0 Å². The molecular formula is C17H34N6O4. The molecule has 4 atom stereocenters. The average molecular weight is 386 g/mol. The van der Waals surface area contributed by atoms with E-state index in [0.717, 1.165) is 38.5 Å². The van der Waals surface area contributed by atoms with Crippen LogP contribution in [0.15, 0.2) is 10.2 Å². The van der Waals surface area contributed by atoms with Crippen molar-refractivity contribution < 1.29 is 20.8 Å². The van der Waals surface area contributed by atoms with Crippen LogP contribution in [0, 0.1) is 11.8 Å². The fourth-order valence-electron chi connectivity index (χ4n) is 3.79. The summed E-state index contributed by atoms with van der Waals surface area (Å²) in [5.41, 5.74) is 3.01. The van der Waals surface area contributed by atoms with E-state index in [4.69, 9.17) is 20.8 Å². The predicted octanol–water partition coefficient (Wildman–Crippen LogP) is 1.76. The van der Waals surface area contributed by atoms with Crippen LogP contribution in [-0.4, -0.2) is 80.9 Å².